The van der Waals surface area contributed by atoms with Crippen LogP contribution < -0.4 is 0 Å². The Morgan fingerprint density at radius 1 is 1.38 bits per heavy atom. The molecule has 3 nitrogen and oxygen atoms in total. The Balaban J connectivity index is 2.46. The van der Waals surface area contributed by atoms with E-state index in [0.29, 0.717) is 6.54 Å². The molecule has 1 aliphatic heterocycles. The van der Waals surface area contributed by atoms with Gasteiger partial charge in [-0.25, -0.2) is 8.42 Å². The standard InChI is InChI=1S/C11H22ClNO2S/c1-11(2,3)16(14,15)8-7-13-6-4-5-10(12)9-13/h10H,4-9H2,1-3H3. The van der Waals surface area contributed by atoms with Gasteiger partial charge in [0.25, 0.3) is 0 Å². The Labute approximate surface area is 104 Å². The zero-order valence-electron chi connectivity index (χ0n) is 10.4. The molecule has 96 valence electrons. The third-order valence-corrected chi connectivity index (χ3v) is 6.00. The number of nitrogens with zero attached hydrogens (tertiary/aromatic N) is 1. The van der Waals surface area contributed by atoms with Crippen LogP contribution in [0.3, 0.4) is 0 Å². The zero-order valence-corrected chi connectivity index (χ0v) is 11.9. The highest BCUT2D eigenvalue weighted by atomic mass is 35.5. The number of piperidine rings is 1. The van der Waals surface area contributed by atoms with Gasteiger partial charge < -0.3 is 4.90 Å². The minimum Gasteiger partial charge on any atom is -0.301 e. The van der Waals surface area contributed by atoms with Gasteiger partial charge in [0.2, 0.25) is 0 Å². The second-order valence-corrected chi connectivity index (χ2v) is 8.95. The van der Waals surface area contributed by atoms with Gasteiger partial charge >= 0.3 is 0 Å². The van der Waals surface area contributed by atoms with E-state index in [4.69, 9.17) is 11.6 Å². The van der Waals surface area contributed by atoms with E-state index in [1.54, 1.807) is 20.8 Å². The number of likely N-dealkylation sites (tertiary alicyclic amines) is 1. The maximum Gasteiger partial charge on any atom is 0.156 e. The molecule has 0 spiro atoms. The van der Waals surface area contributed by atoms with Crippen LogP contribution in [0.4, 0.5) is 0 Å². The first-order chi connectivity index (χ1) is 7.22. The number of alkyl halides is 1. The van der Waals surface area contributed by atoms with Gasteiger partial charge in [0.1, 0.15) is 0 Å². The lowest BCUT2D eigenvalue weighted by molar-refractivity contribution is 0.244. The van der Waals surface area contributed by atoms with Crippen LogP contribution in [0.5, 0.6) is 0 Å². The molecule has 1 fully saturated rings. The summed E-state index contributed by atoms with van der Waals surface area (Å²) in [5.41, 5.74) is 0. The predicted octanol–water partition coefficient (Wildman–Crippen LogP) is 1.90. The van der Waals surface area contributed by atoms with Crippen molar-refractivity contribution in [1.29, 1.82) is 0 Å². The Morgan fingerprint density at radius 2 is 2.00 bits per heavy atom. The van der Waals surface area contributed by atoms with Crippen LogP contribution >= 0.6 is 11.6 Å². The minimum absolute atomic E-state index is 0.186. The molecule has 1 saturated heterocycles. The van der Waals surface area contributed by atoms with Crippen molar-refractivity contribution >= 4 is 21.4 Å². The topological polar surface area (TPSA) is 37.4 Å². The number of hydrogen-bond acceptors (Lipinski definition) is 3. The van der Waals surface area contributed by atoms with Gasteiger partial charge in [0.05, 0.1) is 10.5 Å². The molecule has 1 unspecified atom stereocenters. The third kappa shape index (κ3) is 3.90. The van der Waals surface area contributed by atoms with Gasteiger partial charge in [0.15, 0.2) is 9.84 Å². The average Bonchev–Trinajstić information content (AvgIpc) is 2.13. The van der Waals surface area contributed by atoms with Gasteiger partial charge in [-0.3, -0.25) is 0 Å². The summed E-state index contributed by atoms with van der Waals surface area (Å²) in [6, 6.07) is 0. The lowest BCUT2D eigenvalue weighted by Crippen LogP contribution is -2.41. The van der Waals surface area contributed by atoms with Crippen molar-refractivity contribution in [2.45, 2.75) is 43.7 Å². The Kier molecular flexibility index (Phi) is 4.66. The summed E-state index contributed by atoms with van der Waals surface area (Å²) in [6.07, 6.45) is 2.12. The van der Waals surface area contributed by atoms with E-state index < -0.39 is 14.6 Å². The molecule has 0 N–H and O–H groups in total. The van der Waals surface area contributed by atoms with Gasteiger partial charge in [-0.05, 0) is 40.2 Å². The summed E-state index contributed by atoms with van der Waals surface area (Å²) in [5, 5.41) is 0.186. The molecule has 0 aromatic carbocycles. The van der Waals surface area contributed by atoms with E-state index in [2.05, 4.69) is 4.90 Å². The van der Waals surface area contributed by atoms with Crippen LogP contribution in [-0.2, 0) is 9.84 Å². The summed E-state index contributed by atoms with van der Waals surface area (Å²) < 4.78 is 23.2. The first-order valence-electron chi connectivity index (χ1n) is 5.81. The van der Waals surface area contributed by atoms with E-state index in [0.717, 1.165) is 25.9 Å². The van der Waals surface area contributed by atoms with Crippen molar-refractivity contribution in [2.24, 2.45) is 0 Å². The molecule has 1 heterocycles. The van der Waals surface area contributed by atoms with Gasteiger partial charge in [-0.1, -0.05) is 0 Å². The van der Waals surface area contributed by atoms with Crippen molar-refractivity contribution in [1.82, 2.24) is 4.90 Å². The van der Waals surface area contributed by atoms with Crippen LogP contribution in [0, 0.1) is 0 Å². The van der Waals surface area contributed by atoms with Gasteiger partial charge in [-0.2, -0.15) is 0 Å². The summed E-state index contributed by atoms with van der Waals surface area (Å²) in [5.74, 6) is 0.236. The average molecular weight is 268 g/mol. The van der Waals surface area contributed by atoms with Gasteiger partial charge in [0, 0.05) is 18.5 Å². The fourth-order valence-corrected chi connectivity index (χ4v) is 3.22. The van der Waals surface area contributed by atoms with Crippen molar-refractivity contribution in [2.75, 3.05) is 25.4 Å². The summed E-state index contributed by atoms with van der Waals surface area (Å²) in [7, 11) is -3.00. The predicted molar refractivity (Wildman–Crippen MR) is 68.9 cm³/mol. The Morgan fingerprint density at radius 3 is 2.50 bits per heavy atom. The summed E-state index contributed by atoms with van der Waals surface area (Å²) in [4.78, 5) is 2.16. The lowest BCUT2D eigenvalue weighted by Gasteiger charge is -2.30. The molecular weight excluding hydrogens is 246 g/mol. The fourth-order valence-electron chi connectivity index (χ4n) is 1.76. The lowest BCUT2D eigenvalue weighted by atomic mass is 10.1. The monoisotopic (exact) mass is 267 g/mol. The molecule has 1 aliphatic rings. The first-order valence-corrected chi connectivity index (χ1v) is 7.90. The van der Waals surface area contributed by atoms with E-state index in [1.807, 2.05) is 0 Å². The SMILES string of the molecule is CC(C)(C)S(=O)(=O)CCN1CCCC(Cl)C1. The smallest absolute Gasteiger partial charge is 0.156 e. The molecule has 0 aromatic heterocycles. The second-order valence-electron chi connectivity index (χ2n) is 5.47. The Hall–Kier alpha value is 0.200. The normalized spacial score (nSPS) is 24.6. The second kappa shape index (κ2) is 5.23. The molecular formula is C11H22ClNO2S. The quantitative estimate of drug-likeness (QED) is 0.733. The number of hydrogen-bond donors (Lipinski definition) is 0. The molecule has 0 aromatic rings. The molecule has 0 saturated carbocycles. The minimum atomic E-state index is -3.00. The molecule has 0 radical (unpaired) electrons. The molecule has 0 bridgehead atoms. The van der Waals surface area contributed by atoms with Crippen LogP contribution in [0.15, 0.2) is 0 Å². The van der Waals surface area contributed by atoms with Crippen LogP contribution in [0.2, 0.25) is 0 Å². The van der Waals surface area contributed by atoms with Crippen LogP contribution in [0.25, 0.3) is 0 Å². The Bertz CT molecular complexity index is 321. The zero-order chi connectivity index (χ0) is 12.4. The van der Waals surface area contributed by atoms with E-state index in [-0.39, 0.29) is 11.1 Å². The van der Waals surface area contributed by atoms with Crippen LogP contribution in [-0.4, -0.2) is 48.8 Å². The largest absolute Gasteiger partial charge is 0.301 e. The number of halogens is 1. The van der Waals surface area contributed by atoms with Crippen LogP contribution in [0.1, 0.15) is 33.6 Å². The molecule has 1 atom stereocenters. The summed E-state index contributed by atoms with van der Waals surface area (Å²) >= 11 is 6.06. The molecule has 0 aliphatic carbocycles. The first kappa shape index (κ1) is 14.3. The van der Waals surface area contributed by atoms with Crippen molar-refractivity contribution in [3.63, 3.8) is 0 Å². The third-order valence-electron chi connectivity index (χ3n) is 3.06. The van der Waals surface area contributed by atoms with E-state index >= 15 is 0 Å². The van der Waals surface area contributed by atoms with E-state index in [9.17, 15) is 8.42 Å². The highest BCUT2D eigenvalue weighted by Gasteiger charge is 2.29. The van der Waals surface area contributed by atoms with E-state index in [1.165, 1.54) is 0 Å². The molecule has 16 heavy (non-hydrogen) atoms. The maximum atomic E-state index is 11.9. The molecule has 1 rings (SSSR count). The highest BCUT2D eigenvalue weighted by molar-refractivity contribution is 7.92. The van der Waals surface area contributed by atoms with Gasteiger partial charge in [-0.15, -0.1) is 11.6 Å². The van der Waals surface area contributed by atoms with Crippen molar-refractivity contribution < 1.29 is 8.42 Å². The highest BCUT2D eigenvalue weighted by Crippen LogP contribution is 2.18. The number of sulfone groups is 1. The fraction of sp³-hybridized carbons (Fsp3) is 1.00. The van der Waals surface area contributed by atoms with Crippen molar-refractivity contribution in [3.05, 3.63) is 0 Å². The van der Waals surface area contributed by atoms with Crippen molar-refractivity contribution in [3.8, 4) is 0 Å². The summed E-state index contributed by atoms with van der Waals surface area (Å²) in [6.45, 7) is 7.67. The molecule has 0 amide bonds. The maximum absolute atomic E-state index is 11.9. The molecule has 5 heteroatoms. The number of rotatable bonds is 3.